The van der Waals surface area contributed by atoms with Crippen LogP contribution in [0.25, 0.3) is 0 Å². The Labute approximate surface area is 104 Å². The van der Waals surface area contributed by atoms with Crippen LogP contribution in [0.5, 0.6) is 0 Å². The third kappa shape index (κ3) is 2.48. The van der Waals surface area contributed by atoms with Gasteiger partial charge in [-0.05, 0) is 17.2 Å². The minimum atomic E-state index is -0.956. The molecule has 0 aliphatic heterocycles. The van der Waals surface area contributed by atoms with Crippen molar-refractivity contribution in [3.63, 3.8) is 0 Å². The van der Waals surface area contributed by atoms with Crippen LogP contribution in [0.4, 0.5) is 0 Å². The summed E-state index contributed by atoms with van der Waals surface area (Å²) in [5, 5.41) is 8.66. The molecule has 0 radical (unpaired) electrons. The first-order valence-corrected chi connectivity index (χ1v) is 5.65. The number of benzene rings is 2. The van der Waals surface area contributed by atoms with Crippen molar-refractivity contribution in [1.82, 2.24) is 0 Å². The maximum absolute atomic E-state index is 11.1. The summed E-state index contributed by atoms with van der Waals surface area (Å²) in [6.45, 7) is 0. The summed E-state index contributed by atoms with van der Waals surface area (Å²) < 4.78 is 0. The molecule has 0 aromatic heterocycles. The second-order valence-corrected chi connectivity index (χ2v) is 4.10. The van der Waals surface area contributed by atoms with Crippen LogP contribution < -0.4 is 0 Å². The average Bonchev–Trinajstić information content (AvgIpc) is 2.39. The molecular formula is C14H11ClO2. The van der Waals surface area contributed by atoms with E-state index >= 15 is 0 Å². The molecule has 0 fully saturated rings. The van der Waals surface area contributed by atoms with Crippen molar-refractivity contribution in [2.45, 2.75) is 5.38 Å². The average molecular weight is 247 g/mol. The van der Waals surface area contributed by atoms with Gasteiger partial charge >= 0.3 is 5.97 Å². The Balaban J connectivity index is 2.44. The molecule has 0 saturated carbocycles. The highest BCUT2D eigenvalue weighted by atomic mass is 35.5. The largest absolute Gasteiger partial charge is 0.478 e. The lowest BCUT2D eigenvalue weighted by Gasteiger charge is -2.12. The molecule has 1 unspecified atom stereocenters. The zero-order chi connectivity index (χ0) is 12.3. The van der Waals surface area contributed by atoms with Crippen molar-refractivity contribution >= 4 is 17.6 Å². The highest BCUT2D eigenvalue weighted by Crippen LogP contribution is 2.30. The van der Waals surface area contributed by atoms with E-state index < -0.39 is 11.3 Å². The molecule has 0 aliphatic rings. The summed E-state index contributed by atoms with van der Waals surface area (Å²) in [7, 11) is 0. The Kier molecular flexibility index (Phi) is 3.45. The normalized spacial score (nSPS) is 12.1. The smallest absolute Gasteiger partial charge is 0.336 e. The van der Waals surface area contributed by atoms with Gasteiger partial charge in [-0.15, -0.1) is 11.6 Å². The first-order valence-electron chi connectivity index (χ1n) is 5.21. The lowest BCUT2D eigenvalue weighted by atomic mass is 9.99. The van der Waals surface area contributed by atoms with Gasteiger partial charge in [-0.25, -0.2) is 4.79 Å². The number of rotatable bonds is 3. The molecule has 1 N–H and O–H groups in total. The number of alkyl halides is 1. The van der Waals surface area contributed by atoms with E-state index in [1.807, 2.05) is 30.3 Å². The fourth-order valence-electron chi connectivity index (χ4n) is 1.71. The number of carboxylic acid groups (broad SMARTS) is 1. The van der Waals surface area contributed by atoms with Gasteiger partial charge in [-0.3, -0.25) is 0 Å². The van der Waals surface area contributed by atoms with E-state index in [1.54, 1.807) is 24.3 Å². The Morgan fingerprint density at radius 3 is 2.24 bits per heavy atom. The second kappa shape index (κ2) is 5.02. The third-order valence-corrected chi connectivity index (χ3v) is 3.04. The number of carboxylic acids is 1. The first kappa shape index (κ1) is 11.7. The Morgan fingerprint density at radius 2 is 1.59 bits per heavy atom. The maximum atomic E-state index is 11.1. The second-order valence-electron chi connectivity index (χ2n) is 3.67. The van der Waals surface area contributed by atoms with Crippen LogP contribution in [0.2, 0.25) is 0 Å². The number of hydrogen-bond donors (Lipinski definition) is 1. The lowest BCUT2D eigenvalue weighted by Crippen LogP contribution is -2.04. The molecule has 0 saturated heterocycles. The van der Waals surface area contributed by atoms with Crippen LogP contribution in [0.3, 0.4) is 0 Å². The van der Waals surface area contributed by atoms with Crippen molar-refractivity contribution in [3.05, 3.63) is 71.3 Å². The lowest BCUT2D eigenvalue weighted by molar-refractivity contribution is 0.0696. The van der Waals surface area contributed by atoms with Crippen molar-refractivity contribution in [1.29, 1.82) is 0 Å². The predicted octanol–water partition coefficient (Wildman–Crippen LogP) is 3.71. The number of carbonyl (C=O) groups is 1. The quantitative estimate of drug-likeness (QED) is 0.839. The molecule has 1 atom stereocenters. The van der Waals surface area contributed by atoms with Crippen LogP contribution in [0, 0.1) is 0 Å². The molecule has 0 aliphatic carbocycles. The fraction of sp³-hybridized carbons (Fsp3) is 0.0714. The first-order chi connectivity index (χ1) is 8.20. The summed E-state index contributed by atoms with van der Waals surface area (Å²) in [6.07, 6.45) is 0. The van der Waals surface area contributed by atoms with Gasteiger partial charge in [0.1, 0.15) is 0 Å². The summed E-state index contributed by atoms with van der Waals surface area (Å²) in [5.74, 6) is -0.956. The minimum absolute atomic E-state index is 0.247. The van der Waals surface area contributed by atoms with Gasteiger partial charge in [-0.2, -0.15) is 0 Å². The molecule has 2 aromatic rings. The van der Waals surface area contributed by atoms with E-state index in [-0.39, 0.29) is 5.56 Å². The van der Waals surface area contributed by atoms with Crippen molar-refractivity contribution in [2.24, 2.45) is 0 Å². The van der Waals surface area contributed by atoms with E-state index in [2.05, 4.69) is 0 Å². The highest BCUT2D eigenvalue weighted by Gasteiger charge is 2.17. The van der Waals surface area contributed by atoms with Gasteiger partial charge in [0, 0.05) is 0 Å². The van der Waals surface area contributed by atoms with Crippen LogP contribution >= 0.6 is 11.6 Å². The van der Waals surface area contributed by atoms with Crippen LogP contribution in [-0.2, 0) is 0 Å². The molecule has 2 rings (SSSR count). The van der Waals surface area contributed by atoms with Crippen molar-refractivity contribution < 1.29 is 9.90 Å². The van der Waals surface area contributed by atoms with Crippen molar-refractivity contribution in [3.8, 4) is 0 Å². The number of hydrogen-bond acceptors (Lipinski definition) is 1. The maximum Gasteiger partial charge on any atom is 0.336 e. The molecule has 17 heavy (non-hydrogen) atoms. The molecule has 0 spiro atoms. The standard InChI is InChI=1S/C14H11ClO2/c15-13(10-6-2-1-3-7-10)11-8-4-5-9-12(11)14(16)17/h1-9,13H,(H,16,17). The third-order valence-electron chi connectivity index (χ3n) is 2.56. The summed E-state index contributed by atoms with van der Waals surface area (Å²) in [5.41, 5.74) is 1.76. The van der Waals surface area contributed by atoms with Gasteiger partial charge in [0.05, 0.1) is 10.9 Å². The van der Waals surface area contributed by atoms with Crippen LogP contribution in [0.1, 0.15) is 26.9 Å². The molecule has 3 heteroatoms. The van der Waals surface area contributed by atoms with Crippen molar-refractivity contribution in [2.75, 3.05) is 0 Å². The van der Waals surface area contributed by atoms with Crippen LogP contribution in [-0.4, -0.2) is 11.1 Å². The zero-order valence-corrected chi connectivity index (χ0v) is 9.76. The molecule has 0 amide bonds. The van der Waals surface area contributed by atoms with Crippen LogP contribution in [0.15, 0.2) is 54.6 Å². The minimum Gasteiger partial charge on any atom is -0.478 e. The molecule has 0 bridgehead atoms. The molecule has 86 valence electrons. The molecule has 2 nitrogen and oxygen atoms in total. The number of aromatic carboxylic acids is 1. The zero-order valence-electron chi connectivity index (χ0n) is 9.01. The van der Waals surface area contributed by atoms with E-state index in [1.165, 1.54) is 0 Å². The Hall–Kier alpha value is -1.80. The summed E-state index contributed by atoms with van der Waals surface area (Å²) >= 11 is 6.32. The fourth-order valence-corrected chi connectivity index (χ4v) is 2.05. The monoisotopic (exact) mass is 246 g/mol. The van der Waals surface area contributed by atoms with Gasteiger partial charge in [-0.1, -0.05) is 48.5 Å². The van der Waals surface area contributed by atoms with E-state index in [4.69, 9.17) is 16.7 Å². The number of halogens is 1. The van der Waals surface area contributed by atoms with Gasteiger partial charge < -0.3 is 5.11 Å². The van der Waals surface area contributed by atoms with Gasteiger partial charge in [0.15, 0.2) is 0 Å². The summed E-state index contributed by atoms with van der Waals surface area (Å²) in [4.78, 5) is 11.1. The Morgan fingerprint density at radius 1 is 1.00 bits per heavy atom. The Bertz CT molecular complexity index is 523. The van der Waals surface area contributed by atoms with Gasteiger partial charge in [0.2, 0.25) is 0 Å². The summed E-state index contributed by atoms with van der Waals surface area (Å²) in [6, 6.07) is 16.2. The van der Waals surface area contributed by atoms with E-state index in [0.717, 1.165) is 5.56 Å². The van der Waals surface area contributed by atoms with E-state index in [9.17, 15) is 4.79 Å². The van der Waals surface area contributed by atoms with Gasteiger partial charge in [0.25, 0.3) is 0 Å². The van der Waals surface area contributed by atoms with E-state index in [0.29, 0.717) is 5.56 Å². The highest BCUT2D eigenvalue weighted by molar-refractivity contribution is 6.23. The molecule has 2 aromatic carbocycles. The predicted molar refractivity (Wildman–Crippen MR) is 67.5 cm³/mol. The topological polar surface area (TPSA) is 37.3 Å². The SMILES string of the molecule is O=C(O)c1ccccc1C(Cl)c1ccccc1. The molecule has 0 heterocycles. The molecular weight excluding hydrogens is 236 g/mol.